The van der Waals surface area contributed by atoms with Gasteiger partial charge >= 0.3 is 6.18 Å². The molecule has 11 aromatic heterocycles. The van der Waals surface area contributed by atoms with E-state index in [1.165, 1.54) is 13.2 Å². The highest BCUT2D eigenvalue weighted by molar-refractivity contribution is 5.96. The number of pyridine rings is 6. The second kappa shape index (κ2) is 43.6. The number of aryl methyl sites for hydroxylation is 3. The largest absolute Gasteiger partial charge is 0.490 e. The highest BCUT2D eigenvalue weighted by Gasteiger charge is 2.39. The molecule has 5 amide bonds. The van der Waals surface area contributed by atoms with E-state index >= 15 is 0 Å². The van der Waals surface area contributed by atoms with E-state index in [1.807, 2.05) is 158 Å². The first-order valence-corrected chi connectivity index (χ1v) is 46.6. The fourth-order valence-electron chi connectivity index (χ4n) is 17.2. The summed E-state index contributed by atoms with van der Waals surface area (Å²) in [5.41, 5.74) is 17.6. The van der Waals surface area contributed by atoms with Gasteiger partial charge < -0.3 is 55.8 Å². The molecular weight excluding hydrogens is 1780 g/mol. The van der Waals surface area contributed by atoms with Crippen molar-refractivity contribution in [2.75, 3.05) is 32.8 Å². The number of fused-ring (bicyclic) bond motifs is 5. The summed E-state index contributed by atoms with van der Waals surface area (Å²) in [5.74, 6) is 3.63. The molecule has 139 heavy (non-hydrogen) atoms. The molecule has 4 aliphatic rings. The number of amides is 5. The van der Waals surface area contributed by atoms with Crippen LogP contribution in [0.1, 0.15) is 122 Å². The lowest BCUT2D eigenvalue weighted by Crippen LogP contribution is -2.25. The maximum Gasteiger partial charge on any atom is 0.435 e. The normalized spacial score (nSPS) is 16.5. The molecule has 0 bridgehead atoms. The number of halogens is 3. The number of aromatic nitrogens is 16. The summed E-state index contributed by atoms with van der Waals surface area (Å²) in [7, 11) is 1.45. The Hall–Kier alpha value is -15.6. The molecule has 7 N–H and O–H groups in total. The van der Waals surface area contributed by atoms with Gasteiger partial charge in [-0.25, -0.2) is 0 Å². The summed E-state index contributed by atoms with van der Waals surface area (Å²) in [4.78, 5) is 84.2. The number of carbonyl (C=O) groups is 5. The molecule has 4 aliphatic heterocycles. The first-order valence-electron chi connectivity index (χ1n) is 46.6. The minimum absolute atomic E-state index is 0.0120. The highest BCUT2D eigenvalue weighted by atomic mass is 19.4. The number of nitrogens with one attached hydrogen (secondary N) is 4. The monoisotopic (exact) mass is 1890 g/mol. The van der Waals surface area contributed by atoms with Gasteiger partial charge in [-0.05, 0) is 216 Å². The van der Waals surface area contributed by atoms with Gasteiger partial charge in [0.1, 0.15) is 59.8 Å². The van der Waals surface area contributed by atoms with Crippen LogP contribution in [0.3, 0.4) is 0 Å². The summed E-state index contributed by atoms with van der Waals surface area (Å²) in [6, 6.07) is 42.1. The SMILES string of the molecule is CC(C)n1cc(-c2cc(O[C@H](C)[C@H]3CNC(=O)C3)c3cccnc3c2)cn1.CCCn1cc(-c2cc(OCc3ncccc3C(N)=O)c3cccnc3c2)cn1.CCCn1cc(-c2cc(O[C@H](C)[C@H]3CNC(=O)C3)c3cccnc3c2)cn1.C[C@@H](Oc1cc(-c2cn(C)nc2C(F)(F)F)cc2ncccc12)[C@H]1CNC(=O)C1.C[C@@H](Oc1cc(-c2cnn(CCO)c2)cc2ncccc12)[C@H]1CNC(=O)C1. The van der Waals surface area contributed by atoms with Crippen molar-refractivity contribution in [3.63, 3.8) is 0 Å². The van der Waals surface area contributed by atoms with Gasteiger partial charge in [0.25, 0.3) is 5.91 Å². The Morgan fingerprint density at radius 1 is 0.432 bits per heavy atom. The van der Waals surface area contributed by atoms with Crippen LogP contribution in [0.5, 0.6) is 28.7 Å². The van der Waals surface area contributed by atoms with E-state index in [4.69, 9.17) is 34.5 Å². The molecular formula is C104H110F3N21O11. The molecule has 0 radical (unpaired) electrons. The first kappa shape index (κ1) is 96.6. The summed E-state index contributed by atoms with van der Waals surface area (Å²) in [6.07, 6.45) is 25.8. The number of primary amides is 1. The Morgan fingerprint density at radius 3 is 1.09 bits per heavy atom. The maximum absolute atomic E-state index is 13.5. The van der Waals surface area contributed by atoms with E-state index < -0.39 is 17.8 Å². The van der Waals surface area contributed by atoms with Crippen LogP contribution in [0.4, 0.5) is 13.2 Å². The predicted molar refractivity (Wildman–Crippen MR) is 521 cm³/mol. The van der Waals surface area contributed by atoms with Gasteiger partial charge in [-0.2, -0.15) is 38.7 Å². The molecule has 32 nitrogen and oxygen atoms in total. The summed E-state index contributed by atoms with van der Waals surface area (Å²) in [5, 5.41) is 46.1. The maximum atomic E-state index is 13.5. The van der Waals surface area contributed by atoms with Crippen molar-refractivity contribution in [2.45, 2.75) is 157 Å². The molecule has 16 aromatic rings. The number of hydrogen-bond acceptors (Lipinski definition) is 22. The smallest absolute Gasteiger partial charge is 0.435 e. The second-order valence-corrected chi connectivity index (χ2v) is 35.3. The van der Waals surface area contributed by atoms with Crippen molar-refractivity contribution >= 4 is 84.1 Å². The first-order chi connectivity index (χ1) is 67.2. The van der Waals surface area contributed by atoms with Crippen LogP contribution in [-0.4, -0.2) is 171 Å². The fraction of sp³-hybridized carbons (Fsp3) is 0.327. The van der Waals surface area contributed by atoms with Crippen molar-refractivity contribution in [3.05, 3.63) is 243 Å². The van der Waals surface area contributed by atoms with E-state index in [9.17, 15) is 37.1 Å². The number of alkyl halides is 3. The van der Waals surface area contributed by atoms with E-state index in [0.29, 0.717) is 104 Å². The molecule has 0 aliphatic carbocycles. The van der Waals surface area contributed by atoms with Gasteiger partial charge in [-0.3, -0.25) is 77.3 Å². The van der Waals surface area contributed by atoms with Gasteiger partial charge in [0, 0.05) is 225 Å². The highest BCUT2D eigenvalue weighted by Crippen LogP contribution is 2.43. The van der Waals surface area contributed by atoms with Crippen LogP contribution in [0.15, 0.2) is 226 Å². The summed E-state index contributed by atoms with van der Waals surface area (Å²) < 4.78 is 80.1. The minimum atomic E-state index is -4.58. The molecule has 0 saturated carbocycles. The molecule has 5 aromatic carbocycles. The Balaban J connectivity index is 0.000000125. The lowest BCUT2D eigenvalue weighted by Gasteiger charge is -2.21. The molecule has 4 saturated heterocycles. The Morgan fingerprint density at radius 2 is 0.755 bits per heavy atom. The predicted octanol–water partition coefficient (Wildman–Crippen LogP) is 16.1. The lowest BCUT2D eigenvalue weighted by molar-refractivity contribution is -0.141. The Bertz CT molecular complexity index is 6940. The number of hydrogen-bond donors (Lipinski definition) is 6. The zero-order valence-corrected chi connectivity index (χ0v) is 78.6. The van der Waals surface area contributed by atoms with Crippen LogP contribution in [-0.2, 0) is 58.6 Å². The quantitative estimate of drug-likeness (QED) is 0.0265. The number of benzene rings is 5. The van der Waals surface area contributed by atoms with E-state index in [2.05, 4.69) is 129 Å². The number of carbonyl (C=O) groups excluding carboxylic acids is 5. The number of aliphatic hydroxyl groups excluding tert-OH is 1. The minimum Gasteiger partial charge on any atom is -0.490 e. The Labute approximate surface area is 799 Å². The number of nitrogens with two attached hydrogens (primary N) is 1. The lowest BCUT2D eigenvalue weighted by atomic mass is 10.0. The molecule has 15 heterocycles. The van der Waals surface area contributed by atoms with Crippen LogP contribution in [0, 0.1) is 23.7 Å². The van der Waals surface area contributed by atoms with Gasteiger partial charge in [0.15, 0.2) is 5.69 Å². The Kier molecular flexibility index (Phi) is 30.3. The second-order valence-electron chi connectivity index (χ2n) is 35.3. The number of nitrogens with zero attached hydrogens (tertiary/aromatic N) is 16. The van der Waals surface area contributed by atoms with Crippen LogP contribution < -0.4 is 50.7 Å². The van der Waals surface area contributed by atoms with Crippen LogP contribution in [0.25, 0.3) is 110 Å². The molecule has 0 unspecified atom stereocenters. The van der Waals surface area contributed by atoms with E-state index in [-0.39, 0.29) is 90.5 Å². The topological polar surface area (TPSA) is 392 Å². The van der Waals surface area contributed by atoms with Gasteiger partial charge in [-0.1, -0.05) is 13.8 Å². The molecule has 0 spiro atoms. The zero-order valence-electron chi connectivity index (χ0n) is 78.6. The third kappa shape index (κ3) is 23.6. The zero-order chi connectivity index (χ0) is 97.5. The number of rotatable bonds is 28. The van der Waals surface area contributed by atoms with Gasteiger partial charge in [-0.15, -0.1) is 0 Å². The molecule has 8 atom stereocenters. The average molecular weight is 1890 g/mol. The molecule has 718 valence electrons. The standard InChI is InChI=1S/C22H21N5O2.2C21H24N4O2.C20H19F3N4O2.C20H22N4O3/c1-2-9-27-13-16(12-26-27)15-10-19-17(5-3-7-24-19)21(11-15)29-14-20-18(22(23)28)6-4-8-25-20;1-13(2)25-12-17(11-24-25)15-7-19-18(5-4-6-22-19)20(8-15)27-14(3)16-9-21(26)23-10-16;1-3-7-25-13-17(12-24-25)15-8-19-18(5-4-6-22-19)20(9-15)27-14(2)16-10-21(26)23-11-16;1-11(13-8-18(28)25-9-13)29-17-7-12(6-16-14(17)4-3-5-24-16)15-10-27(2)26-19(15)20(21,22)23;1-13(15-9-20(26)22-10-15)27-19-8-14(7-18-17(19)3-2-4-21-18)16-11-23-24(12-16)5-6-25/h3-8,10-13H,2,9,14H2,1H3,(H2,23,28);4-8,11-14,16H,9-10H2,1-3H3,(H,23,26);4-6,8-9,12-14,16H,3,7,10-11H2,1-2H3,(H,23,26);3-7,10-11,13H,8-9H2,1-2H3,(H,25,28);2-4,7-8,11-13,15,25H,5-6,9-10H2,1H3,(H,22,26)/t;2*14-,16-;11-,13-;13-,15-/m.1111/s1. The molecule has 20 rings (SSSR count). The average Bonchev–Trinajstić information content (AvgIpc) is 1.61. The van der Waals surface area contributed by atoms with Crippen molar-refractivity contribution in [1.82, 2.24) is 100 Å². The van der Waals surface area contributed by atoms with E-state index in [0.717, 1.165) is 136 Å². The number of aliphatic hydroxyl groups is 1. The molecule has 4 fully saturated rings. The molecule has 35 heteroatoms. The third-order valence-electron chi connectivity index (χ3n) is 24.9. The van der Waals surface area contributed by atoms with Gasteiger partial charge in [0.05, 0.1) is 76.8 Å². The van der Waals surface area contributed by atoms with Crippen LogP contribution >= 0.6 is 0 Å². The van der Waals surface area contributed by atoms with Crippen molar-refractivity contribution in [3.8, 4) is 84.4 Å². The fourth-order valence-corrected chi connectivity index (χ4v) is 17.2. The summed E-state index contributed by atoms with van der Waals surface area (Å²) >= 11 is 0. The number of ether oxygens (including phenoxy) is 5. The van der Waals surface area contributed by atoms with Gasteiger partial charge in [0.2, 0.25) is 23.6 Å². The van der Waals surface area contributed by atoms with Crippen molar-refractivity contribution in [1.29, 1.82) is 0 Å². The van der Waals surface area contributed by atoms with Crippen molar-refractivity contribution in [2.24, 2.45) is 36.5 Å². The third-order valence-corrected chi connectivity index (χ3v) is 24.9. The summed E-state index contributed by atoms with van der Waals surface area (Å²) in [6.45, 7) is 21.2. The van der Waals surface area contributed by atoms with Crippen molar-refractivity contribution < 1.29 is 65.9 Å². The van der Waals surface area contributed by atoms with E-state index in [1.54, 1.807) is 84.5 Å². The van der Waals surface area contributed by atoms with Crippen LogP contribution in [0.2, 0.25) is 0 Å².